The molecule has 1 aliphatic rings. The quantitative estimate of drug-likeness (QED) is 0.898. The van der Waals surface area contributed by atoms with E-state index in [0.29, 0.717) is 15.5 Å². The molecule has 1 aromatic rings. The summed E-state index contributed by atoms with van der Waals surface area (Å²) in [6, 6.07) is 1.79. The lowest BCUT2D eigenvalue weighted by Crippen LogP contribution is -2.41. The van der Waals surface area contributed by atoms with Gasteiger partial charge in [0.2, 0.25) is 0 Å². The molecule has 0 spiro atoms. The standard InChI is InChI=1S/C12H17ClN2OS/c1-8-5-15(6-9(2)17-8)12-11(13)3-10(7-16)4-14-12/h3-4,8-9,16H,5-7H2,1-2H3. The van der Waals surface area contributed by atoms with Crippen molar-refractivity contribution in [2.24, 2.45) is 0 Å². The molecule has 0 bridgehead atoms. The van der Waals surface area contributed by atoms with Crippen molar-refractivity contribution in [2.75, 3.05) is 18.0 Å². The van der Waals surface area contributed by atoms with Crippen LogP contribution in [0, 0.1) is 0 Å². The second-order valence-electron chi connectivity index (χ2n) is 4.47. The number of aromatic nitrogens is 1. The van der Waals surface area contributed by atoms with Gasteiger partial charge in [0.05, 0.1) is 11.6 Å². The van der Waals surface area contributed by atoms with E-state index in [1.807, 2.05) is 11.8 Å². The van der Waals surface area contributed by atoms with E-state index in [-0.39, 0.29) is 6.61 Å². The highest BCUT2D eigenvalue weighted by Crippen LogP contribution is 2.31. The fraction of sp³-hybridized carbons (Fsp3) is 0.583. The van der Waals surface area contributed by atoms with Gasteiger partial charge in [0.1, 0.15) is 5.82 Å². The number of nitrogens with zero attached hydrogens (tertiary/aromatic N) is 2. The number of rotatable bonds is 2. The van der Waals surface area contributed by atoms with E-state index >= 15 is 0 Å². The molecule has 1 saturated heterocycles. The molecule has 0 saturated carbocycles. The van der Waals surface area contributed by atoms with Crippen LogP contribution >= 0.6 is 23.4 Å². The number of halogens is 1. The zero-order chi connectivity index (χ0) is 12.4. The van der Waals surface area contributed by atoms with Crippen molar-refractivity contribution in [3.63, 3.8) is 0 Å². The summed E-state index contributed by atoms with van der Waals surface area (Å²) in [4.78, 5) is 6.60. The summed E-state index contributed by atoms with van der Waals surface area (Å²) < 4.78 is 0. The van der Waals surface area contributed by atoms with E-state index in [1.165, 1.54) is 0 Å². The van der Waals surface area contributed by atoms with E-state index in [2.05, 4.69) is 23.7 Å². The zero-order valence-corrected chi connectivity index (χ0v) is 11.6. The van der Waals surface area contributed by atoms with Gasteiger partial charge >= 0.3 is 0 Å². The maximum absolute atomic E-state index is 9.03. The van der Waals surface area contributed by atoms with Crippen LogP contribution in [-0.4, -0.2) is 33.7 Å². The maximum Gasteiger partial charge on any atom is 0.147 e. The molecule has 17 heavy (non-hydrogen) atoms. The molecule has 0 amide bonds. The van der Waals surface area contributed by atoms with Crippen molar-refractivity contribution in [1.82, 2.24) is 4.98 Å². The van der Waals surface area contributed by atoms with Crippen molar-refractivity contribution >= 4 is 29.2 Å². The molecule has 2 unspecified atom stereocenters. The zero-order valence-electron chi connectivity index (χ0n) is 10.1. The lowest BCUT2D eigenvalue weighted by molar-refractivity contribution is 0.281. The molecule has 1 aromatic heterocycles. The Kier molecular flexibility index (Phi) is 4.17. The first-order chi connectivity index (χ1) is 8.10. The third-order valence-corrected chi connectivity index (χ3v) is 4.29. The van der Waals surface area contributed by atoms with Gasteiger partial charge in [0, 0.05) is 29.8 Å². The highest BCUT2D eigenvalue weighted by atomic mass is 35.5. The number of pyridine rings is 1. The van der Waals surface area contributed by atoms with Gasteiger partial charge < -0.3 is 10.0 Å². The number of hydrogen-bond acceptors (Lipinski definition) is 4. The third-order valence-electron chi connectivity index (χ3n) is 2.78. The Morgan fingerprint density at radius 1 is 1.47 bits per heavy atom. The minimum atomic E-state index is -0.0182. The molecule has 2 rings (SSSR count). The molecule has 0 aliphatic carbocycles. The van der Waals surface area contributed by atoms with Crippen LogP contribution < -0.4 is 4.90 Å². The monoisotopic (exact) mass is 272 g/mol. The molecule has 3 nitrogen and oxygen atoms in total. The van der Waals surface area contributed by atoms with E-state index in [4.69, 9.17) is 16.7 Å². The van der Waals surface area contributed by atoms with Gasteiger partial charge in [0.25, 0.3) is 0 Å². The predicted molar refractivity (Wildman–Crippen MR) is 73.9 cm³/mol. The van der Waals surface area contributed by atoms with Crippen LogP contribution in [0.25, 0.3) is 0 Å². The Morgan fingerprint density at radius 3 is 2.65 bits per heavy atom. The molecule has 0 radical (unpaired) electrons. The third kappa shape index (κ3) is 3.06. The highest BCUT2D eigenvalue weighted by molar-refractivity contribution is 8.00. The summed E-state index contributed by atoms with van der Waals surface area (Å²) in [5.41, 5.74) is 0.756. The van der Waals surface area contributed by atoms with E-state index in [9.17, 15) is 0 Å². The Hall–Kier alpha value is -0.450. The molecular formula is C12H17ClN2OS. The van der Waals surface area contributed by atoms with Crippen LogP contribution in [0.3, 0.4) is 0 Å². The molecule has 2 heterocycles. The summed E-state index contributed by atoms with van der Waals surface area (Å²) in [6.07, 6.45) is 1.69. The fourth-order valence-corrected chi connectivity index (χ4v) is 3.77. The summed E-state index contributed by atoms with van der Waals surface area (Å²) >= 11 is 8.22. The molecule has 1 fully saturated rings. The normalized spacial score (nSPS) is 25.1. The molecule has 94 valence electrons. The van der Waals surface area contributed by atoms with Crippen LogP contribution in [0.5, 0.6) is 0 Å². The first kappa shape index (κ1) is 13.0. The number of aliphatic hydroxyl groups is 1. The Labute approximate surface area is 111 Å². The second kappa shape index (κ2) is 5.46. The van der Waals surface area contributed by atoms with Gasteiger partial charge in [-0.05, 0) is 11.6 Å². The average molecular weight is 273 g/mol. The highest BCUT2D eigenvalue weighted by Gasteiger charge is 2.24. The van der Waals surface area contributed by atoms with Gasteiger partial charge in [-0.15, -0.1) is 0 Å². The number of aliphatic hydroxyl groups excluding tert-OH is 1. The second-order valence-corrected chi connectivity index (χ2v) is 6.76. The average Bonchev–Trinajstić information content (AvgIpc) is 2.27. The molecular weight excluding hydrogens is 256 g/mol. The Morgan fingerprint density at radius 2 is 2.12 bits per heavy atom. The van der Waals surface area contributed by atoms with Crippen LogP contribution in [0.2, 0.25) is 5.02 Å². The molecule has 1 N–H and O–H groups in total. The van der Waals surface area contributed by atoms with Crippen LogP contribution in [0.15, 0.2) is 12.3 Å². The molecule has 5 heteroatoms. The SMILES string of the molecule is CC1CN(c2ncc(CO)cc2Cl)CC(C)S1. The van der Waals surface area contributed by atoms with E-state index < -0.39 is 0 Å². The summed E-state index contributed by atoms with van der Waals surface area (Å²) in [5.74, 6) is 0.836. The topological polar surface area (TPSA) is 36.4 Å². The van der Waals surface area contributed by atoms with E-state index in [0.717, 1.165) is 24.5 Å². The maximum atomic E-state index is 9.03. The molecule has 1 aliphatic heterocycles. The lowest BCUT2D eigenvalue weighted by atomic mass is 10.2. The lowest BCUT2D eigenvalue weighted by Gasteiger charge is -2.35. The minimum Gasteiger partial charge on any atom is -0.392 e. The van der Waals surface area contributed by atoms with Crippen LogP contribution in [0.4, 0.5) is 5.82 Å². The minimum absolute atomic E-state index is 0.0182. The van der Waals surface area contributed by atoms with Crippen molar-refractivity contribution in [2.45, 2.75) is 31.0 Å². The fourth-order valence-electron chi connectivity index (χ4n) is 2.14. The first-order valence-corrected chi connectivity index (χ1v) is 7.08. The van der Waals surface area contributed by atoms with E-state index in [1.54, 1.807) is 12.3 Å². The predicted octanol–water partition coefficient (Wildman–Crippen LogP) is 2.56. The Balaban J connectivity index is 2.21. The Bertz CT molecular complexity index is 392. The molecule has 0 aromatic carbocycles. The van der Waals surface area contributed by atoms with Crippen molar-refractivity contribution < 1.29 is 5.11 Å². The smallest absolute Gasteiger partial charge is 0.147 e. The number of anilines is 1. The van der Waals surface area contributed by atoms with Crippen molar-refractivity contribution in [3.8, 4) is 0 Å². The van der Waals surface area contributed by atoms with Gasteiger partial charge in [-0.25, -0.2) is 4.98 Å². The number of hydrogen-bond donors (Lipinski definition) is 1. The van der Waals surface area contributed by atoms with Gasteiger partial charge in [0.15, 0.2) is 0 Å². The van der Waals surface area contributed by atoms with Crippen LogP contribution in [0.1, 0.15) is 19.4 Å². The van der Waals surface area contributed by atoms with Gasteiger partial charge in [-0.1, -0.05) is 25.4 Å². The summed E-state index contributed by atoms with van der Waals surface area (Å²) in [7, 11) is 0. The number of thioether (sulfide) groups is 1. The van der Waals surface area contributed by atoms with Gasteiger partial charge in [-0.3, -0.25) is 0 Å². The van der Waals surface area contributed by atoms with Gasteiger partial charge in [-0.2, -0.15) is 11.8 Å². The first-order valence-electron chi connectivity index (χ1n) is 5.76. The summed E-state index contributed by atoms with van der Waals surface area (Å²) in [5, 5.41) is 10.8. The largest absolute Gasteiger partial charge is 0.392 e. The molecule has 2 atom stereocenters. The summed E-state index contributed by atoms with van der Waals surface area (Å²) in [6.45, 7) is 6.38. The van der Waals surface area contributed by atoms with Crippen molar-refractivity contribution in [3.05, 3.63) is 22.8 Å². The van der Waals surface area contributed by atoms with Crippen molar-refractivity contribution in [1.29, 1.82) is 0 Å². The van der Waals surface area contributed by atoms with Crippen LogP contribution in [-0.2, 0) is 6.61 Å².